The predicted octanol–water partition coefficient (Wildman–Crippen LogP) is 3.92. The fraction of sp³-hybridized carbons (Fsp3) is 0.538. The Morgan fingerprint density at radius 2 is 1.76 bits per heavy atom. The van der Waals surface area contributed by atoms with Crippen molar-refractivity contribution < 1.29 is 4.92 Å². The first-order valence-corrected chi connectivity index (χ1v) is 6.55. The number of thioether (sulfide) groups is 1. The van der Waals surface area contributed by atoms with E-state index in [1.807, 2.05) is 30.3 Å². The van der Waals surface area contributed by atoms with Crippen LogP contribution in [-0.2, 0) is 0 Å². The lowest BCUT2D eigenvalue weighted by Crippen LogP contribution is -2.25. The van der Waals surface area contributed by atoms with Gasteiger partial charge in [-0.25, -0.2) is 0 Å². The number of hydrogen-bond acceptors (Lipinski definition) is 3. The van der Waals surface area contributed by atoms with E-state index in [0.717, 1.165) is 5.56 Å². The molecule has 1 rings (SSSR count). The minimum atomic E-state index is -0.582. The van der Waals surface area contributed by atoms with Gasteiger partial charge >= 0.3 is 0 Å². The van der Waals surface area contributed by atoms with Gasteiger partial charge in [-0.3, -0.25) is 10.1 Å². The molecule has 17 heavy (non-hydrogen) atoms. The lowest BCUT2D eigenvalue weighted by atomic mass is 10.1. The Balaban J connectivity index is 2.99. The lowest BCUT2D eigenvalue weighted by Gasteiger charge is -2.26. The van der Waals surface area contributed by atoms with Gasteiger partial charge in [0.25, 0.3) is 0 Å². The summed E-state index contributed by atoms with van der Waals surface area (Å²) in [5, 5.41) is 10.9. The van der Waals surface area contributed by atoms with Gasteiger partial charge in [0.15, 0.2) is 0 Å². The van der Waals surface area contributed by atoms with Crippen molar-refractivity contribution in [1.82, 2.24) is 0 Å². The van der Waals surface area contributed by atoms with E-state index in [1.165, 1.54) is 0 Å². The van der Waals surface area contributed by atoms with Crippen molar-refractivity contribution in [1.29, 1.82) is 0 Å². The van der Waals surface area contributed by atoms with Gasteiger partial charge in [0, 0.05) is 16.6 Å². The first kappa shape index (κ1) is 14.0. The zero-order valence-corrected chi connectivity index (χ0v) is 11.5. The Labute approximate surface area is 107 Å². The van der Waals surface area contributed by atoms with Gasteiger partial charge in [-0.1, -0.05) is 51.1 Å². The summed E-state index contributed by atoms with van der Waals surface area (Å²) in [4.78, 5) is 10.8. The Morgan fingerprint density at radius 3 is 2.18 bits per heavy atom. The molecule has 0 fully saturated rings. The van der Waals surface area contributed by atoms with Gasteiger partial charge in [-0.2, -0.15) is 0 Å². The van der Waals surface area contributed by atoms with Crippen LogP contribution in [0.2, 0.25) is 0 Å². The number of rotatable bonds is 4. The fourth-order valence-corrected chi connectivity index (χ4v) is 2.93. The van der Waals surface area contributed by atoms with Crippen molar-refractivity contribution in [3.8, 4) is 0 Å². The number of hydrogen-bond donors (Lipinski definition) is 0. The van der Waals surface area contributed by atoms with E-state index in [9.17, 15) is 10.1 Å². The molecule has 0 bridgehead atoms. The van der Waals surface area contributed by atoms with Crippen LogP contribution in [0.25, 0.3) is 0 Å². The summed E-state index contributed by atoms with van der Waals surface area (Å²) in [6.45, 7) is 7.93. The molecule has 0 saturated heterocycles. The van der Waals surface area contributed by atoms with Crippen LogP contribution < -0.4 is 0 Å². The molecule has 0 aromatic heterocycles. The normalized spacial score (nSPS) is 15.3. The molecule has 0 saturated carbocycles. The second-order valence-corrected chi connectivity index (χ2v) is 7.06. The van der Waals surface area contributed by atoms with Gasteiger partial charge in [0.2, 0.25) is 6.04 Å². The molecule has 0 radical (unpaired) electrons. The minimum absolute atomic E-state index is 0.00474. The van der Waals surface area contributed by atoms with Crippen LogP contribution in [0, 0.1) is 10.1 Å². The maximum Gasteiger partial charge on any atom is 0.226 e. The zero-order chi connectivity index (χ0) is 13.1. The van der Waals surface area contributed by atoms with Crippen LogP contribution in [0.15, 0.2) is 30.3 Å². The second-order valence-electron chi connectivity index (χ2n) is 5.09. The average molecular weight is 253 g/mol. The fourth-order valence-electron chi connectivity index (χ4n) is 1.58. The SMILES string of the molecule is C[C@H]([C@@H](SC(C)(C)C)c1ccccc1)[N+](=O)[O-]. The molecule has 4 heteroatoms. The zero-order valence-electron chi connectivity index (χ0n) is 10.7. The minimum Gasteiger partial charge on any atom is -0.264 e. The molecular weight excluding hydrogens is 234 g/mol. The van der Waals surface area contributed by atoms with Crippen molar-refractivity contribution in [3.63, 3.8) is 0 Å². The second kappa shape index (κ2) is 5.54. The standard InChI is InChI=1S/C13H19NO2S/c1-10(14(15)16)12(17-13(2,3)4)11-8-6-5-7-9-11/h5-10,12H,1-4H3/t10-,12-/m1/s1. The highest BCUT2D eigenvalue weighted by atomic mass is 32.2. The molecule has 0 aliphatic heterocycles. The van der Waals surface area contributed by atoms with Crippen LogP contribution in [0.1, 0.15) is 38.5 Å². The molecule has 94 valence electrons. The Bertz CT molecular complexity index is 373. The number of nitro groups is 1. The van der Waals surface area contributed by atoms with E-state index in [2.05, 4.69) is 20.8 Å². The molecule has 0 N–H and O–H groups in total. The first-order chi connectivity index (χ1) is 7.81. The Kier molecular flexibility index (Phi) is 4.57. The third-order valence-corrected chi connectivity index (χ3v) is 4.01. The van der Waals surface area contributed by atoms with Crippen LogP contribution in [0.4, 0.5) is 0 Å². The molecule has 3 nitrogen and oxygen atoms in total. The molecule has 0 amide bonds. The molecule has 0 spiro atoms. The summed E-state index contributed by atoms with van der Waals surface area (Å²) in [5.41, 5.74) is 1.02. The molecule has 1 aromatic carbocycles. The van der Waals surface area contributed by atoms with Crippen molar-refractivity contribution >= 4 is 11.8 Å². The smallest absolute Gasteiger partial charge is 0.226 e. The van der Waals surface area contributed by atoms with E-state index < -0.39 is 6.04 Å². The summed E-state index contributed by atoms with van der Waals surface area (Å²) in [7, 11) is 0. The Morgan fingerprint density at radius 1 is 1.24 bits per heavy atom. The largest absolute Gasteiger partial charge is 0.264 e. The maximum atomic E-state index is 11.0. The Hall–Kier alpha value is -1.03. The lowest BCUT2D eigenvalue weighted by molar-refractivity contribution is -0.518. The average Bonchev–Trinajstić information content (AvgIpc) is 2.25. The third kappa shape index (κ3) is 4.38. The van der Waals surface area contributed by atoms with Gasteiger partial charge < -0.3 is 0 Å². The van der Waals surface area contributed by atoms with E-state index in [4.69, 9.17) is 0 Å². The highest BCUT2D eigenvalue weighted by molar-refractivity contribution is 8.00. The van der Waals surface area contributed by atoms with E-state index >= 15 is 0 Å². The van der Waals surface area contributed by atoms with Crippen LogP contribution in [-0.4, -0.2) is 15.7 Å². The molecular formula is C13H19NO2S. The van der Waals surface area contributed by atoms with E-state index in [-0.39, 0.29) is 14.9 Å². The monoisotopic (exact) mass is 253 g/mol. The number of nitrogens with zero attached hydrogens (tertiary/aromatic N) is 1. The highest BCUT2D eigenvalue weighted by Gasteiger charge is 2.32. The van der Waals surface area contributed by atoms with Crippen molar-refractivity contribution in [3.05, 3.63) is 46.0 Å². The summed E-state index contributed by atoms with van der Waals surface area (Å²) in [5.74, 6) is 0. The quantitative estimate of drug-likeness (QED) is 0.603. The van der Waals surface area contributed by atoms with Crippen LogP contribution in [0.5, 0.6) is 0 Å². The summed E-state index contributed by atoms with van der Waals surface area (Å²) in [6, 6.07) is 9.13. The molecule has 0 unspecified atom stereocenters. The van der Waals surface area contributed by atoms with E-state index in [0.29, 0.717) is 0 Å². The van der Waals surface area contributed by atoms with Gasteiger partial charge in [-0.05, 0) is 5.56 Å². The molecule has 2 atom stereocenters. The summed E-state index contributed by atoms with van der Waals surface area (Å²) >= 11 is 1.65. The maximum absolute atomic E-state index is 11.0. The predicted molar refractivity (Wildman–Crippen MR) is 73.0 cm³/mol. The van der Waals surface area contributed by atoms with Gasteiger partial charge in [0.05, 0.1) is 5.25 Å². The highest BCUT2D eigenvalue weighted by Crippen LogP contribution is 2.41. The third-order valence-electron chi connectivity index (χ3n) is 2.38. The van der Waals surface area contributed by atoms with Crippen molar-refractivity contribution in [2.75, 3.05) is 0 Å². The van der Waals surface area contributed by atoms with E-state index in [1.54, 1.807) is 18.7 Å². The molecule has 0 heterocycles. The number of benzene rings is 1. The molecule has 0 aliphatic carbocycles. The molecule has 1 aromatic rings. The molecule has 0 aliphatic rings. The van der Waals surface area contributed by atoms with Gasteiger partial charge in [0.1, 0.15) is 0 Å². The first-order valence-electron chi connectivity index (χ1n) is 5.67. The summed E-state index contributed by atoms with van der Waals surface area (Å²) in [6.07, 6.45) is 0. The van der Waals surface area contributed by atoms with Crippen molar-refractivity contribution in [2.24, 2.45) is 0 Å². The topological polar surface area (TPSA) is 43.1 Å². The van der Waals surface area contributed by atoms with Gasteiger partial charge in [-0.15, -0.1) is 11.8 Å². The van der Waals surface area contributed by atoms with Crippen molar-refractivity contribution in [2.45, 2.75) is 43.7 Å². The summed E-state index contributed by atoms with van der Waals surface area (Å²) < 4.78 is 0.00474. The van der Waals surface area contributed by atoms with Crippen LogP contribution >= 0.6 is 11.8 Å². The van der Waals surface area contributed by atoms with Crippen LogP contribution in [0.3, 0.4) is 0 Å².